The van der Waals surface area contributed by atoms with E-state index < -0.39 is 33.8 Å². The number of imide groups is 1. The summed E-state index contributed by atoms with van der Waals surface area (Å²) in [5, 5.41) is 1.99. The summed E-state index contributed by atoms with van der Waals surface area (Å²) in [5.74, 6) is -0.932. The van der Waals surface area contributed by atoms with Crippen molar-refractivity contribution in [1.82, 2.24) is 10.0 Å². The first-order valence-electron chi connectivity index (χ1n) is 7.03. The third kappa shape index (κ3) is 3.60. The maximum atomic E-state index is 12.4. The monoisotopic (exact) mass is 370 g/mol. The summed E-state index contributed by atoms with van der Waals surface area (Å²) in [4.78, 5) is 36.4. The molecule has 6 nitrogen and oxygen atoms in total. The van der Waals surface area contributed by atoms with E-state index in [0.29, 0.717) is 12.8 Å². The van der Waals surface area contributed by atoms with Gasteiger partial charge in [0.2, 0.25) is 9.70 Å². The number of rotatable bonds is 1. The number of carbonyl (C=O) groups is 3. The molecule has 2 rings (SSSR count). The SMILES string of the molecule is CC(=O)N1C(=O)CC2(CCCCC2)N1C(=O)OCC(Cl)(Cl)Cl. The highest BCUT2D eigenvalue weighted by atomic mass is 35.6. The number of hydrazine groups is 1. The molecule has 0 radical (unpaired) electrons. The Morgan fingerprint density at radius 1 is 1.23 bits per heavy atom. The number of halogens is 3. The van der Waals surface area contributed by atoms with E-state index in [9.17, 15) is 14.4 Å². The average Bonchev–Trinajstić information content (AvgIpc) is 2.68. The lowest BCUT2D eigenvalue weighted by Crippen LogP contribution is -2.56. The Bertz CT molecular complexity index is 486. The van der Waals surface area contributed by atoms with Crippen molar-refractivity contribution in [2.24, 2.45) is 0 Å². The van der Waals surface area contributed by atoms with E-state index in [1.807, 2.05) is 0 Å². The molecule has 1 aliphatic heterocycles. The second-order valence-electron chi connectivity index (χ2n) is 5.67. The molecule has 2 fully saturated rings. The van der Waals surface area contributed by atoms with E-state index >= 15 is 0 Å². The van der Waals surface area contributed by atoms with Crippen molar-refractivity contribution in [1.29, 1.82) is 0 Å². The Labute approximate surface area is 143 Å². The van der Waals surface area contributed by atoms with Crippen LogP contribution in [-0.4, -0.2) is 43.9 Å². The summed E-state index contributed by atoms with van der Waals surface area (Å²) >= 11 is 16.7. The maximum absolute atomic E-state index is 12.4. The van der Waals surface area contributed by atoms with Crippen molar-refractivity contribution >= 4 is 52.7 Å². The molecule has 3 amide bonds. The van der Waals surface area contributed by atoms with Gasteiger partial charge >= 0.3 is 6.09 Å². The van der Waals surface area contributed by atoms with Gasteiger partial charge in [-0.05, 0) is 12.8 Å². The third-order valence-corrected chi connectivity index (χ3v) is 4.31. The number of amides is 3. The zero-order valence-electron chi connectivity index (χ0n) is 12.1. The Hall–Kier alpha value is -0.720. The van der Waals surface area contributed by atoms with Gasteiger partial charge in [-0.2, -0.15) is 5.01 Å². The molecule has 0 unspecified atom stereocenters. The summed E-state index contributed by atoms with van der Waals surface area (Å²) < 4.78 is 3.24. The Morgan fingerprint density at radius 2 is 1.82 bits per heavy atom. The minimum absolute atomic E-state index is 0.120. The van der Waals surface area contributed by atoms with Crippen molar-refractivity contribution in [3.63, 3.8) is 0 Å². The molecule has 9 heteroatoms. The Balaban J connectivity index is 2.25. The largest absolute Gasteiger partial charge is 0.444 e. The molecule has 2 aliphatic rings. The van der Waals surface area contributed by atoms with Gasteiger partial charge < -0.3 is 4.74 Å². The van der Waals surface area contributed by atoms with Crippen LogP contribution in [0.2, 0.25) is 0 Å². The number of hydrogen-bond donors (Lipinski definition) is 0. The van der Waals surface area contributed by atoms with Crippen LogP contribution in [0.15, 0.2) is 0 Å². The molecule has 1 spiro atoms. The van der Waals surface area contributed by atoms with Gasteiger partial charge in [0.05, 0.1) is 12.0 Å². The zero-order chi connectivity index (χ0) is 16.5. The first-order valence-corrected chi connectivity index (χ1v) is 8.17. The number of alkyl halides is 3. The van der Waals surface area contributed by atoms with E-state index in [1.54, 1.807) is 0 Å². The van der Waals surface area contributed by atoms with Gasteiger partial charge in [-0.1, -0.05) is 54.1 Å². The first-order chi connectivity index (χ1) is 10.2. The molecule has 22 heavy (non-hydrogen) atoms. The van der Waals surface area contributed by atoms with E-state index in [0.717, 1.165) is 29.3 Å². The molecule has 1 saturated carbocycles. The normalized spacial score (nSPS) is 21.4. The van der Waals surface area contributed by atoms with Crippen LogP contribution in [0.25, 0.3) is 0 Å². The van der Waals surface area contributed by atoms with Gasteiger partial charge in [0, 0.05) is 6.92 Å². The topological polar surface area (TPSA) is 66.9 Å². The van der Waals surface area contributed by atoms with Crippen molar-refractivity contribution in [3.8, 4) is 0 Å². The highest BCUT2D eigenvalue weighted by Crippen LogP contribution is 2.43. The van der Waals surface area contributed by atoms with Crippen LogP contribution in [0.5, 0.6) is 0 Å². The van der Waals surface area contributed by atoms with E-state index in [2.05, 4.69) is 0 Å². The molecule has 0 aromatic rings. The molecule has 0 N–H and O–H groups in total. The standard InChI is InChI=1S/C13H17Cl3N2O4/c1-9(19)17-10(20)7-12(5-3-2-4-6-12)18(17)11(21)22-8-13(14,15)16/h2-8H2,1H3. The molecule has 1 saturated heterocycles. The van der Waals surface area contributed by atoms with E-state index in [1.165, 1.54) is 6.92 Å². The Kier molecular flexibility index (Phi) is 5.14. The lowest BCUT2D eigenvalue weighted by Gasteiger charge is -2.41. The molecule has 0 aromatic heterocycles. The number of hydrogen-bond acceptors (Lipinski definition) is 4. The Morgan fingerprint density at radius 3 is 2.32 bits per heavy atom. The van der Waals surface area contributed by atoms with Crippen LogP contribution in [-0.2, 0) is 14.3 Å². The fourth-order valence-electron chi connectivity index (χ4n) is 3.15. The second kappa shape index (κ2) is 6.42. The van der Waals surface area contributed by atoms with Gasteiger partial charge in [0.15, 0.2) is 0 Å². The quantitative estimate of drug-likeness (QED) is 0.664. The minimum atomic E-state index is -1.75. The number of nitrogens with zero attached hydrogens (tertiary/aromatic N) is 2. The van der Waals surface area contributed by atoms with Crippen LogP contribution >= 0.6 is 34.8 Å². The molecular formula is C13H17Cl3N2O4. The van der Waals surface area contributed by atoms with Crippen molar-refractivity contribution < 1.29 is 19.1 Å². The summed E-state index contributed by atoms with van der Waals surface area (Å²) in [7, 11) is 0. The van der Waals surface area contributed by atoms with Crippen LogP contribution in [0, 0.1) is 0 Å². The lowest BCUT2D eigenvalue weighted by molar-refractivity contribution is -0.156. The van der Waals surface area contributed by atoms with Crippen molar-refractivity contribution in [2.45, 2.75) is 54.8 Å². The van der Waals surface area contributed by atoms with Gasteiger partial charge in [-0.3, -0.25) is 9.59 Å². The van der Waals surface area contributed by atoms with Crippen LogP contribution in [0.3, 0.4) is 0 Å². The number of carbonyl (C=O) groups excluding carboxylic acids is 3. The molecule has 0 aromatic carbocycles. The molecule has 1 aliphatic carbocycles. The summed E-state index contributed by atoms with van der Waals surface area (Å²) in [6.45, 7) is 0.776. The van der Waals surface area contributed by atoms with Crippen LogP contribution in [0.1, 0.15) is 45.4 Å². The molecular weight excluding hydrogens is 355 g/mol. The first kappa shape index (κ1) is 17.6. The molecule has 0 atom stereocenters. The predicted molar refractivity (Wildman–Crippen MR) is 81.4 cm³/mol. The molecule has 124 valence electrons. The maximum Gasteiger partial charge on any atom is 0.429 e. The molecule has 1 heterocycles. The summed E-state index contributed by atoms with van der Waals surface area (Å²) in [6.07, 6.45) is 3.37. The number of ether oxygens (including phenoxy) is 1. The summed E-state index contributed by atoms with van der Waals surface area (Å²) in [5.41, 5.74) is -0.703. The van der Waals surface area contributed by atoms with Crippen LogP contribution in [0.4, 0.5) is 4.79 Å². The van der Waals surface area contributed by atoms with Crippen molar-refractivity contribution in [3.05, 3.63) is 0 Å². The second-order valence-corrected chi connectivity index (χ2v) is 8.18. The highest BCUT2D eigenvalue weighted by Gasteiger charge is 2.55. The third-order valence-electron chi connectivity index (χ3n) is 3.98. The van der Waals surface area contributed by atoms with Crippen molar-refractivity contribution in [2.75, 3.05) is 6.61 Å². The fraction of sp³-hybridized carbons (Fsp3) is 0.769. The van der Waals surface area contributed by atoms with Gasteiger partial charge in [0.1, 0.15) is 6.61 Å². The van der Waals surface area contributed by atoms with Gasteiger partial charge in [-0.15, -0.1) is 0 Å². The van der Waals surface area contributed by atoms with Gasteiger partial charge in [0.25, 0.3) is 5.91 Å². The minimum Gasteiger partial charge on any atom is -0.444 e. The highest BCUT2D eigenvalue weighted by molar-refractivity contribution is 6.67. The fourth-order valence-corrected chi connectivity index (χ4v) is 3.31. The zero-order valence-corrected chi connectivity index (χ0v) is 14.4. The van der Waals surface area contributed by atoms with E-state index in [-0.39, 0.29) is 6.42 Å². The average molecular weight is 372 g/mol. The van der Waals surface area contributed by atoms with Gasteiger partial charge in [-0.25, -0.2) is 9.80 Å². The smallest absolute Gasteiger partial charge is 0.429 e. The lowest BCUT2D eigenvalue weighted by atomic mass is 9.80. The van der Waals surface area contributed by atoms with Crippen LogP contribution < -0.4 is 0 Å². The predicted octanol–water partition coefficient (Wildman–Crippen LogP) is 3.19. The van der Waals surface area contributed by atoms with E-state index in [4.69, 9.17) is 39.5 Å². The molecule has 0 bridgehead atoms. The summed E-state index contributed by atoms with van der Waals surface area (Å²) in [6, 6.07) is 0.